The molecule has 0 amide bonds. The van der Waals surface area contributed by atoms with E-state index in [1.807, 2.05) is 73.0 Å². The number of carbonyl (C=O) groups is 1. The Kier molecular flexibility index (Phi) is 5.99. The van der Waals surface area contributed by atoms with Gasteiger partial charge in [0.05, 0.1) is 10.6 Å². The molecular weight excluding hydrogens is 420 g/mol. The van der Waals surface area contributed by atoms with Crippen LogP contribution in [-0.2, 0) is 6.61 Å². The minimum Gasteiger partial charge on any atom is -0.489 e. The van der Waals surface area contributed by atoms with Crippen molar-refractivity contribution in [3.8, 4) is 17.0 Å². The highest BCUT2D eigenvalue weighted by Gasteiger charge is 2.14. The smallest absolute Gasteiger partial charge is 0.226 e. The van der Waals surface area contributed by atoms with Crippen molar-refractivity contribution in [2.45, 2.75) is 13.5 Å². The fraction of sp³-hybridized carbons (Fsp3) is 0.0909. The average Bonchev–Trinajstić information content (AvgIpc) is 3.35. The Bertz CT molecular complexity index is 1120. The van der Waals surface area contributed by atoms with E-state index in [9.17, 15) is 4.79 Å². The quantitative estimate of drug-likeness (QED) is 0.320. The van der Waals surface area contributed by atoms with Crippen molar-refractivity contribution in [3.05, 3.63) is 81.4 Å². The lowest BCUT2D eigenvalue weighted by atomic mass is 10.2. The number of thiazole rings is 1. The van der Waals surface area contributed by atoms with Crippen LogP contribution in [-0.4, -0.2) is 10.1 Å². The van der Waals surface area contributed by atoms with Gasteiger partial charge in [0.25, 0.3) is 0 Å². The Hall–Kier alpha value is -2.61. The van der Waals surface area contributed by atoms with Gasteiger partial charge in [0, 0.05) is 21.5 Å². The fourth-order valence-corrected chi connectivity index (χ4v) is 4.60. The molecule has 0 fully saturated rings. The van der Waals surface area contributed by atoms with Gasteiger partial charge in [0.1, 0.15) is 12.4 Å². The third kappa shape index (κ3) is 4.87. The Morgan fingerprint density at radius 2 is 1.90 bits per heavy atom. The molecule has 4 aromatic rings. The summed E-state index contributed by atoms with van der Waals surface area (Å²) in [5, 5.41) is 5.88. The number of rotatable bonds is 7. The molecule has 7 heteroatoms. The highest BCUT2D eigenvalue weighted by molar-refractivity contribution is 7.97. The van der Waals surface area contributed by atoms with Crippen LogP contribution in [0.3, 0.4) is 0 Å². The van der Waals surface area contributed by atoms with Crippen LogP contribution < -0.4 is 10.1 Å². The van der Waals surface area contributed by atoms with Crippen molar-refractivity contribution in [1.82, 2.24) is 4.98 Å². The van der Waals surface area contributed by atoms with Crippen LogP contribution in [0.1, 0.15) is 20.1 Å². The normalized spacial score (nSPS) is 10.7. The Morgan fingerprint density at radius 1 is 1.14 bits per heavy atom. The topological polar surface area (TPSA) is 51.2 Å². The SMILES string of the molecule is Cc1sc(C(=O)S)cc1-c1csc(Nc2ccc(OCc3ccccc3)cc2)n1. The van der Waals surface area contributed by atoms with Gasteiger partial charge in [-0.25, -0.2) is 4.98 Å². The predicted octanol–water partition coefficient (Wildman–Crippen LogP) is 6.57. The summed E-state index contributed by atoms with van der Waals surface area (Å²) in [5.41, 5.74) is 3.90. The molecule has 0 spiro atoms. The zero-order valence-corrected chi connectivity index (χ0v) is 18.1. The summed E-state index contributed by atoms with van der Waals surface area (Å²) in [4.78, 5) is 17.8. The number of aromatic nitrogens is 1. The Morgan fingerprint density at radius 3 is 2.59 bits per heavy atom. The van der Waals surface area contributed by atoms with Crippen LogP contribution in [0.2, 0.25) is 0 Å². The highest BCUT2D eigenvalue weighted by atomic mass is 32.1. The fourth-order valence-electron chi connectivity index (χ4n) is 2.80. The summed E-state index contributed by atoms with van der Waals surface area (Å²) in [6.07, 6.45) is 0. The number of anilines is 2. The number of nitrogens with one attached hydrogen (secondary N) is 1. The van der Waals surface area contributed by atoms with Gasteiger partial charge in [0.2, 0.25) is 5.12 Å². The lowest BCUT2D eigenvalue weighted by molar-refractivity contribution is 0.109. The van der Waals surface area contributed by atoms with Gasteiger partial charge in [-0.1, -0.05) is 43.0 Å². The minimum atomic E-state index is -0.215. The van der Waals surface area contributed by atoms with Gasteiger partial charge in [-0.15, -0.1) is 22.7 Å². The van der Waals surface area contributed by atoms with Crippen molar-refractivity contribution >= 4 is 51.2 Å². The van der Waals surface area contributed by atoms with Crippen LogP contribution >= 0.6 is 35.3 Å². The number of carbonyl (C=O) groups excluding carboxylic acids is 1. The van der Waals surface area contributed by atoms with E-state index in [1.54, 1.807) is 0 Å². The van der Waals surface area contributed by atoms with E-state index >= 15 is 0 Å². The Balaban J connectivity index is 1.40. The van der Waals surface area contributed by atoms with E-state index in [1.165, 1.54) is 22.7 Å². The molecule has 2 aromatic carbocycles. The number of hydrogen-bond donors (Lipinski definition) is 2. The molecule has 4 nitrogen and oxygen atoms in total. The van der Waals surface area contributed by atoms with Crippen molar-refractivity contribution in [1.29, 1.82) is 0 Å². The maximum Gasteiger partial charge on any atom is 0.226 e. The van der Waals surface area contributed by atoms with Crippen molar-refractivity contribution < 1.29 is 9.53 Å². The molecule has 4 rings (SSSR count). The monoisotopic (exact) mass is 438 g/mol. The van der Waals surface area contributed by atoms with Crippen molar-refractivity contribution in [2.75, 3.05) is 5.32 Å². The molecule has 146 valence electrons. The molecule has 29 heavy (non-hydrogen) atoms. The van der Waals surface area contributed by atoms with E-state index in [-0.39, 0.29) is 5.12 Å². The molecule has 1 N–H and O–H groups in total. The van der Waals surface area contributed by atoms with Crippen LogP contribution in [0.25, 0.3) is 11.3 Å². The number of hydrogen-bond acceptors (Lipinski definition) is 6. The standard InChI is InChI=1S/C22H18N2O2S3/c1-14-18(11-20(29-14)21(25)27)19-13-28-22(24-19)23-16-7-9-17(10-8-16)26-12-15-5-3-2-4-6-15/h2-11,13H,12H2,1H3,(H,23,24)(H,25,27). The van der Waals surface area contributed by atoms with Gasteiger partial charge in [0.15, 0.2) is 5.13 Å². The largest absolute Gasteiger partial charge is 0.489 e. The van der Waals surface area contributed by atoms with Gasteiger partial charge >= 0.3 is 0 Å². The van der Waals surface area contributed by atoms with Gasteiger partial charge in [-0.3, -0.25) is 4.79 Å². The molecule has 0 aliphatic rings. The first-order valence-corrected chi connectivity index (χ1v) is 11.1. The molecule has 0 saturated carbocycles. The van der Waals surface area contributed by atoms with Crippen LogP contribution in [0.15, 0.2) is 66.0 Å². The number of ether oxygens (including phenoxy) is 1. The van der Waals surface area contributed by atoms with E-state index in [4.69, 9.17) is 4.74 Å². The van der Waals surface area contributed by atoms with E-state index < -0.39 is 0 Å². The molecule has 2 heterocycles. The van der Waals surface area contributed by atoms with Gasteiger partial charge in [-0.05, 0) is 42.8 Å². The van der Waals surface area contributed by atoms with Crippen molar-refractivity contribution in [3.63, 3.8) is 0 Å². The summed E-state index contributed by atoms with van der Waals surface area (Å²) in [5.74, 6) is 0.817. The second-order valence-corrected chi connectivity index (χ2v) is 8.87. The number of thiol groups is 1. The molecule has 0 aliphatic heterocycles. The summed E-state index contributed by atoms with van der Waals surface area (Å²) in [6, 6.07) is 19.7. The summed E-state index contributed by atoms with van der Waals surface area (Å²) in [7, 11) is 0. The van der Waals surface area contributed by atoms with E-state index in [2.05, 4.69) is 22.9 Å². The molecule has 0 aliphatic carbocycles. The van der Waals surface area contributed by atoms with Crippen LogP contribution in [0.4, 0.5) is 10.8 Å². The first-order chi connectivity index (χ1) is 14.1. The molecule has 0 saturated heterocycles. The zero-order valence-electron chi connectivity index (χ0n) is 15.6. The Labute approximate surface area is 182 Å². The maximum absolute atomic E-state index is 11.5. The minimum absolute atomic E-state index is 0.215. The first kappa shape index (κ1) is 19.7. The van der Waals surface area contributed by atoms with Crippen LogP contribution in [0, 0.1) is 6.92 Å². The summed E-state index contributed by atoms with van der Waals surface area (Å²) < 4.78 is 5.82. The maximum atomic E-state index is 11.5. The molecule has 2 aromatic heterocycles. The highest BCUT2D eigenvalue weighted by Crippen LogP contribution is 2.34. The van der Waals surface area contributed by atoms with E-state index in [0.717, 1.165) is 38.3 Å². The van der Waals surface area contributed by atoms with E-state index in [0.29, 0.717) is 11.5 Å². The lowest BCUT2D eigenvalue weighted by Gasteiger charge is -2.08. The molecule has 0 radical (unpaired) electrons. The molecule has 0 bridgehead atoms. The summed E-state index contributed by atoms with van der Waals surface area (Å²) in [6.45, 7) is 2.53. The average molecular weight is 439 g/mol. The number of benzene rings is 2. The second kappa shape index (κ2) is 8.82. The predicted molar refractivity (Wildman–Crippen MR) is 124 cm³/mol. The number of nitrogens with zero attached hydrogens (tertiary/aromatic N) is 1. The summed E-state index contributed by atoms with van der Waals surface area (Å²) >= 11 is 6.87. The molecular formula is C22H18N2O2S3. The third-order valence-corrected chi connectivity index (χ3v) is 6.46. The molecule has 0 unspecified atom stereocenters. The van der Waals surface area contributed by atoms with Gasteiger partial charge in [-0.2, -0.15) is 0 Å². The van der Waals surface area contributed by atoms with Crippen LogP contribution in [0.5, 0.6) is 5.75 Å². The molecule has 0 atom stereocenters. The number of aryl methyl sites for hydroxylation is 1. The second-order valence-electron chi connectivity index (χ2n) is 6.35. The lowest BCUT2D eigenvalue weighted by Crippen LogP contribution is -1.95. The number of thiophene rings is 1. The van der Waals surface area contributed by atoms with Gasteiger partial charge < -0.3 is 10.1 Å². The van der Waals surface area contributed by atoms with Crippen molar-refractivity contribution in [2.24, 2.45) is 0 Å². The third-order valence-electron chi connectivity index (χ3n) is 4.26. The zero-order chi connectivity index (χ0) is 20.2. The first-order valence-electron chi connectivity index (χ1n) is 8.92.